The predicted octanol–water partition coefficient (Wildman–Crippen LogP) is 2.09. The van der Waals surface area contributed by atoms with Gasteiger partial charge in [-0.3, -0.25) is 4.18 Å². The number of carbonyl (C=O) groups excluding carboxylic acids is 1. The van der Waals surface area contributed by atoms with Gasteiger partial charge in [-0.05, 0) is 43.7 Å². The zero-order valence-electron chi connectivity index (χ0n) is 14.1. The number of hydrogen-bond acceptors (Lipinski definition) is 4. The number of hydrogen-bond donors (Lipinski definition) is 0. The van der Waals surface area contributed by atoms with E-state index in [1.165, 1.54) is 0 Å². The van der Waals surface area contributed by atoms with Gasteiger partial charge in [0, 0.05) is 26.7 Å². The number of amides is 2. The smallest absolute Gasteiger partial charge is 0.319 e. The molecule has 2 atom stereocenters. The van der Waals surface area contributed by atoms with Gasteiger partial charge in [0.15, 0.2) is 0 Å². The second kappa shape index (κ2) is 6.72. The topological polar surface area (TPSA) is 66.9 Å². The minimum absolute atomic E-state index is 0.0962. The maximum atomic E-state index is 12.1. The van der Waals surface area contributed by atoms with E-state index in [2.05, 4.69) is 0 Å². The molecule has 2 aliphatic rings. The molecule has 7 heteroatoms. The summed E-state index contributed by atoms with van der Waals surface area (Å²) in [5, 5.41) is 0. The summed E-state index contributed by atoms with van der Waals surface area (Å²) < 4.78 is 29.4. The largest absolute Gasteiger partial charge is 0.326 e. The normalized spacial score (nSPS) is 23.8. The van der Waals surface area contributed by atoms with Crippen molar-refractivity contribution in [1.29, 1.82) is 0 Å². The van der Waals surface area contributed by atoms with Crippen molar-refractivity contribution < 1.29 is 17.4 Å². The monoisotopic (exact) mass is 352 g/mol. The van der Waals surface area contributed by atoms with Gasteiger partial charge in [0.1, 0.15) is 0 Å². The molecule has 1 saturated heterocycles. The lowest BCUT2D eigenvalue weighted by Crippen LogP contribution is -2.31. The number of carbonyl (C=O) groups is 1. The molecule has 0 unspecified atom stereocenters. The fourth-order valence-electron chi connectivity index (χ4n) is 3.13. The summed E-state index contributed by atoms with van der Waals surface area (Å²) in [6.45, 7) is 4.46. The Balaban J connectivity index is 1.41. The van der Waals surface area contributed by atoms with Gasteiger partial charge in [-0.2, -0.15) is 8.42 Å². The van der Waals surface area contributed by atoms with Crippen LogP contribution in [0.3, 0.4) is 0 Å². The maximum Gasteiger partial charge on any atom is 0.319 e. The van der Waals surface area contributed by atoms with E-state index < -0.39 is 10.1 Å². The third kappa shape index (κ3) is 3.89. The number of nitrogens with zero attached hydrogens (tertiary/aromatic N) is 2. The predicted molar refractivity (Wildman–Crippen MR) is 90.1 cm³/mol. The van der Waals surface area contributed by atoms with Gasteiger partial charge in [0.2, 0.25) is 0 Å². The van der Waals surface area contributed by atoms with Crippen LogP contribution >= 0.6 is 0 Å². The molecular formula is C17H24N2O4S. The molecule has 1 aromatic rings. The molecule has 1 heterocycles. The molecule has 1 aromatic carbocycles. The van der Waals surface area contributed by atoms with Crippen LogP contribution in [0, 0.1) is 18.8 Å². The van der Waals surface area contributed by atoms with Crippen LogP contribution < -0.4 is 0 Å². The van der Waals surface area contributed by atoms with E-state index in [-0.39, 0.29) is 17.5 Å². The summed E-state index contributed by atoms with van der Waals surface area (Å²) in [5.41, 5.74) is 1.01. The Morgan fingerprint density at radius 1 is 1.17 bits per heavy atom. The third-order valence-corrected chi connectivity index (χ3v) is 6.19. The summed E-state index contributed by atoms with van der Waals surface area (Å²) in [5.74, 6) is 0.933. The standard InChI is InChI=1S/C17H24N2O4S/c1-13-3-5-16(6-4-13)24(21,22)23-10-7-14-11-15(14)12-19-9-8-18(2)17(19)20/h3-6,14-15H,7-12H2,1-2H3/t14-,15+/m0/s1. The van der Waals surface area contributed by atoms with E-state index >= 15 is 0 Å². The molecule has 0 aromatic heterocycles. The van der Waals surface area contributed by atoms with Crippen molar-refractivity contribution in [2.75, 3.05) is 33.3 Å². The molecule has 6 nitrogen and oxygen atoms in total. The first-order chi connectivity index (χ1) is 11.4. The van der Waals surface area contributed by atoms with Crippen molar-refractivity contribution >= 4 is 16.1 Å². The Labute approximate surface area is 143 Å². The first-order valence-corrected chi connectivity index (χ1v) is 9.74. The van der Waals surface area contributed by atoms with Gasteiger partial charge >= 0.3 is 6.03 Å². The quantitative estimate of drug-likeness (QED) is 0.705. The van der Waals surface area contributed by atoms with Gasteiger partial charge < -0.3 is 9.80 Å². The van der Waals surface area contributed by atoms with Crippen LogP contribution in [-0.2, 0) is 14.3 Å². The third-order valence-electron chi connectivity index (χ3n) is 4.86. The van der Waals surface area contributed by atoms with Crippen molar-refractivity contribution in [3.63, 3.8) is 0 Å². The Hall–Kier alpha value is -1.60. The highest BCUT2D eigenvalue weighted by molar-refractivity contribution is 7.86. The van der Waals surface area contributed by atoms with Crippen LogP contribution in [0.4, 0.5) is 4.79 Å². The van der Waals surface area contributed by atoms with Gasteiger partial charge in [-0.25, -0.2) is 4.79 Å². The number of benzene rings is 1. The van der Waals surface area contributed by atoms with Gasteiger partial charge in [-0.1, -0.05) is 17.7 Å². The van der Waals surface area contributed by atoms with E-state index in [0.717, 1.165) is 31.6 Å². The van der Waals surface area contributed by atoms with Gasteiger partial charge in [0.05, 0.1) is 11.5 Å². The van der Waals surface area contributed by atoms with Crippen LogP contribution in [0.15, 0.2) is 29.2 Å². The Bertz CT molecular complexity index is 702. The average molecular weight is 352 g/mol. The molecule has 132 valence electrons. The Morgan fingerprint density at radius 3 is 2.50 bits per heavy atom. The summed E-state index contributed by atoms with van der Waals surface area (Å²) in [4.78, 5) is 15.7. The van der Waals surface area contributed by atoms with Crippen molar-refractivity contribution in [3.8, 4) is 0 Å². The SMILES string of the molecule is Cc1ccc(S(=O)(=O)OCC[C@H]2C[C@@H]2CN2CCN(C)C2=O)cc1. The first-order valence-electron chi connectivity index (χ1n) is 8.33. The molecule has 3 rings (SSSR count). The second-order valence-electron chi connectivity index (χ2n) is 6.78. The fourth-order valence-corrected chi connectivity index (χ4v) is 4.05. The average Bonchev–Trinajstić information content (AvgIpc) is 3.20. The van der Waals surface area contributed by atoms with Crippen LogP contribution in [-0.4, -0.2) is 57.5 Å². The molecule has 2 fully saturated rings. The van der Waals surface area contributed by atoms with E-state index in [1.807, 2.05) is 18.9 Å². The summed E-state index contributed by atoms with van der Waals surface area (Å²) in [7, 11) is -1.86. The van der Waals surface area contributed by atoms with E-state index in [0.29, 0.717) is 18.3 Å². The lowest BCUT2D eigenvalue weighted by molar-refractivity contribution is 0.196. The van der Waals surface area contributed by atoms with Crippen molar-refractivity contribution in [1.82, 2.24) is 9.80 Å². The summed E-state index contributed by atoms with van der Waals surface area (Å²) >= 11 is 0. The van der Waals surface area contributed by atoms with Gasteiger partial charge in [-0.15, -0.1) is 0 Å². The Kier molecular flexibility index (Phi) is 4.83. The first kappa shape index (κ1) is 17.2. The zero-order chi connectivity index (χ0) is 17.3. The number of rotatable bonds is 7. The molecule has 1 aliphatic carbocycles. The molecule has 0 radical (unpaired) electrons. The molecular weight excluding hydrogens is 328 g/mol. The van der Waals surface area contributed by atoms with E-state index in [9.17, 15) is 13.2 Å². The molecule has 2 amide bonds. The molecule has 0 bridgehead atoms. The number of aryl methyl sites for hydroxylation is 1. The highest BCUT2D eigenvalue weighted by atomic mass is 32.2. The molecule has 1 saturated carbocycles. The van der Waals surface area contributed by atoms with Gasteiger partial charge in [0.25, 0.3) is 10.1 Å². The van der Waals surface area contributed by atoms with Crippen molar-refractivity contribution in [2.24, 2.45) is 11.8 Å². The minimum Gasteiger partial charge on any atom is -0.326 e. The number of urea groups is 1. The molecule has 0 N–H and O–H groups in total. The van der Waals surface area contributed by atoms with Crippen molar-refractivity contribution in [2.45, 2.75) is 24.7 Å². The van der Waals surface area contributed by atoms with Crippen LogP contribution in [0.5, 0.6) is 0 Å². The summed E-state index contributed by atoms with van der Waals surface area (Å²) in [6, 6.07) is 6.76. The Morgan fingerprint density at radius 2 is 1.88 bits per heavy atom. The second-order valence-corrected chi connectivity index (χ2v) is 8.40. The lowest BCUT2D eigenvalue weighted by atomic mass is 10.2. The fraction of sp³-hybridized carbons (Fsp3) is 0.588. The highest BCUT2D eigenvalue weighted by Gasteiger charge is 2.40. The molecule has 24 heavy (non-hydrogen) atoms. The van der Waals surface area contributed by atoms with E-state index in [4.69, 9.17) is 4.18 Å². The molecule has 1 aliphatic heterocycles. The van der Waals surface area contributed by atoms with Crippen LogP contribution in [0.25, 0.3) is 0 Å². The van der Waals surface area contributed by atoms with Crippen LogP contribution in [0.1, 0.15) is 18.4 Å². The maximum absolute atomic E-state index is 12.1. The van der Waals surface area contributed by atoms with Crippen LogP contribution in [0.2, 0.25) is 0 Å². The van der Waals surface area contributed by atoms with E-state index in [1.54, 1.807) is 29.2 Å². The highest BCUT2D eigenvalue weighted by Crippen LogP contribution is 2.42. The zero-order valence-corrected chi connectivity index (χ0v) is 15.0. The summed E-state index contributed by atoms with van der Waals surface area (Å²) in [6.07, 6.45) is 1.76. The number of likely N-dealkylation sites (N-methyl/N-ethyl adjacent to an activating group) is 1. The lowest BCUT2D eigenvalue weighted by Gasteiger charge is -2.15. The minimum atomic E-state index is -3.67. The van der Waals surface area contributed by atoms with Crippen molar-refractivity contribution in [3.05, 3.63) is 29.8 Å². The molecule has 0 spiro atoms.